The number of nitrogens with two attached hydrogens (primary N) is 1. The summed E-state index contributed by atoms with van der Waals surface area (Å²) in [4.78, 5) is 13.8. The van der Waals surface area contributed by atoms with Gasteiger partial charge in [-0.25, -0.2) is 0 Å². The average molecular weight is 292 g/mol. The van der Waals surface area contributed by atoms with E-state index in [1.165, 1.54) is 18.4 Å². The van der Waals surface area contributed by atoms with Crippen molar-refractivity contribution < 1.29 is 14.3 Å². The van der Waals surface area contributed by atoms with E-state index in [-0.39, 0.29) is 5.97 Å². The van der Waals surface area contributed by atoms with Crippen molar-refractivity contribution in [2.24, 2.45) is 5.73 Å². The lowest BCUT2D eigenvalue weighted by Gasteiger charge is -2.31. The van der Waals surface area contributed by atoms with Crippen LogP contribution in [0.5, 0.6) is 0 Å². The third-order valence-electron chi connectivity index (χ3n) is 3.95. The Bertz CT molecular complexity index is 510. The van der Waals surface area contributed by atoms with Crippen LogP contribution in [0.4, 0.5) is 5.69 Å². The molecule has 1 aliphatic heterocycles. The summed E-state index contributed by atoms with van der Waals surface area (Å²) in [7, 11) is 1.36. The smallest absolute Gasteiger partial charge is 0.322 e. The van der Waals surface area contributed by atoms with Crippen molar-refractivity contribution in [3.05, 3.63) is 28.8 Å². The highest BCUT2D eigenvalue weighted by molar-refractivity contribution is 5.76. The predicted molar refractivity (Wildman–Crippen MR) is 82.6 cm³/mol. The van der Waals surface area contributed by atoms with Crippen molar-refractivity contribution in [3.63, 3.8) is 0 Å². The fraction of sp³-hybridized carbons (Fsp3) is 0.562. The first-order valence-electron chi connectivity index (χ1n) is 7.29. The molecule has 0 spiro atoms. The molecule has 2 N–H and O–H groups in total. The number of anilines is 1. The number of aryl methyl sites for hydroxylation is 2. The van der Waals surface area contributed by atoms with E-state index < -0.39 is 6.04 Å². The number of rotatable bonds is 4. The zero-order valence-electron chi connectivity index (χ0n) is 13.0. The number of nitrogens with zero attached hydrogens (tertiary/aromatic N) is 1. The Kier molecular flexibility index (Phi) is 5.20. The van der Waals surface area contributed by atoms with Crippen molar-refractivity contribution >= 4 is 11.7 Å². The molecule has 1 aromatic carbocycles. The molecule has 0 saturated carbocycles. The zero-order valence-corrected chi connectivity index (χ0v) is 13.0. The van der Waals surface area contributed by atoms with Gasteiger partial charge in [0.2, 0.25) is 0 Å². The zero-order chi connectivity index (χ0) is 15.4. The topological polar surface area (TPSA) is 64.8 Å². The molecule has 1 fully saturated rings. The van der Waals surface area contributed by atoms with Gasteiger partial charge in [0.1, 0.15) is 6.04 Å². The Morgan fingerprint density at radius 3 is 2.62 bits per heavy atom. The SMILES string of the molecule is COC(=O)C(N)Cc1cc(C)c(N2CCOCC2)cc1C. The van der Waals surface area contributed by atoms with Crippen molar-refractivity contribution in [3.8, 4) is 0 Å². The fourth-order valence-corrected chi connectivity index (χ4v) is 2.70. The molecule has 2 rings (SSSR count). The van der Waals surface area contributed by atoms with E-state index in [1.54, 1.807) is 0 Å². The molecule has 5 heteroatoms. The van der Waals surface area contributed by atoms with Crippen LogP contribution >= 0.6 is 0 Å². The van der Waals surface area contributed by atoms with Gasteiger partial charge in [0, 0.05) is 18.8 Å². The van der Waals surface area contributed by atoms with Gasteiger partial charge in [-0.15, -0.1) is 0 Å². The maximum absolute atomic E-state index is 11.5. The number of ether oxygens (including phenoxy) is 2. The first-order chi connectivity index (χ1) is 10.0. The van der Waals surface area contributed by atoms with Gasteiger partial charge < -0.3 is 20.1 Å². The van der Waals surface area contributed by atoms with Crippen LogP contribution in [0, 0.1) is 13.8 Å². The number of esters is 1. The van der Waals surface area contributed by atoms with E-state index in [9.17, 15) is 4.79 Å². The van der Waals surface area contributed by atoms with Gasteiger partial charge in [-0.2, -0.15) is 0 Å². The van der Waals surface area contributed by atoms with Crippen LogP contribution in [0.15, 0.2) is 12.1 Å². The van der Waals surface area contributed by atoms with Crippen LogP contribution in [-0.2, 0) is 20.7 Å². The van der Waals surface area contributed by atoms with Crippen molar-refractivity contribution in [1.82, 2.24) is 0 Å². The van der Waals surface area contributed by atoms with Crippen molar-refractivity contribution in [1.29, 1.82) is 0 Å². The molecule has 0 radical (unpaired) electrons. The maximum Gasteiger partial charge on any atom is 0.322 e. The van der Waals surface area contributed by atoms with E-state index in [0.29, 0.717) is 6.42 Å². The van der Waals surface area contributed by atoms with Gasteiger partial charge in [0.15, 0.2) is 0 Å². The highest BCUT2D eigenvalue weighted by Crippen LogP contribution is 2.26. The largest absolute Gasteiger partial charge is 0.468 e. The molecule has 1 atom stereocenters. The number of methoxy groups -OCH3 is 1. The summed E-state index contributed by atoms with van der Waals surface area (Å²) in [6.07, 6.45) is 0.503. The first kappa shape index (κ1) is 15.8. The molecule has 5 nitrogen and oxygen atoms in total. The number of morpholine rings is 1. The first-order valence-corrected chi connectivity index (χ1v) is 7.29. The summed E-state index contributed by atoms with van der Waals surface area (Å²) in [5.41, 5.74) is 10.6. The lowest BCUT2D eigenvalue weighted by Crippen LogP contribution is -2.37. The standard InChI is InChI=1S/C16H24N2O3/c1-11-9-15(18-4-6-21-7-5-18)12(2)8-13(11)10-14(17)16(19)20-3/h8-9,14H,4-7,10,17H2,1-3H3. The summed E-state index contributed by atoms with van der Waals surface area (Å²) in [5, 5.41) is 0. The van der Waals surface area contributed by atoms with Crippen LogP contribution in [-0.4, -0.2) is 45.4 Å². The van der Waals surface area contributed by atoms with Crippen LogP contribution in [0.2, 0.25) is 0 Å². The quantitative estimate of drug-likeness (QED) is 0.844. The number of carbonyl (C=O) groups excluding carboxylic acids is 1. The van der Waals surface area contributed by atoms with Crippen molar-refractivity contribution in [2.75, 3.05) is 38.3 Å². The van der Waals surface area contributed by atoms with E-state index in [1.807, 2.05) is 0 Å². The molecule has 0 bridgehead atoms. The van der Waals surface area contributed by atoms with E-state index in [2.05, 4.69) is 35.6 Å². The van der Waals surface area contributed by atoms with Gasteiger partial charge >= 0.3 is 5.97 Å². The summed E-state index contributed by atoms with van der Waals surface area (Å²) < 4.78 is 10.1. The minimum atomic E-state index is -0.609. The van der Waals surface area contributed by atoms with Gasteiger partial charge in [0.05, 0.1) is 20.3 Å². The molecule has 0 aliphatic carbocycles. The number of hydrogen-bond acceptors (Lipinski definition) is 5. The Labute approximate surface area is 126 Å². The van der Waals surface area contributed by atoms with Crippen LogP contribution in [0.1, 0.15) is 16.7 Å². The Hall–Kier alpha value is -1.59. The van der Waals surface area contributed by atoms with E-state index in [4.69, 9.17) is 10.5 Å². The molecule has 1 aliphatic rings. The minimum absolute atomic E-state index is 0.371. The minimum Gasteiger partial charge on any atom is -0.468 e. The summed E-state index contributed by atoms with van der Waals surface area (Å²) in [6, 6.07) is 3.70. The van der Waals surface area contributed by atoms with Gasteiger partial charge in [-0.3, -0.25) is 4.79 Å². The van der Waals surface area contributed by atoms with E-state index in [0.717, 1.165) is 37.4 Å². The summed E-state index contributed by atoms with van der Waals surface area (Å²) in [5.74, 6) is -0.371. The number of hydrogen-bond donors (Lipinski definition) is 1. The molecule has 0 amide bonds. The van der Waals surface area contributed by atoms with Gasteiger partial charge in [-0.05, 0) is 43.0 Å². The average Bonchev–Trinajstić information content (AvgIpc) is 2.50. The Balaban J connectivity index is 2.18. The lowest BCUT2D eigenvalue weighted by molar-refractivity contribution is -0.142. The van der Waals surface area contributed by atoms with Crippen LogP contribution in [0.25, 0.3) is 0 Å². The molecule has 21 heavy (non-hydrogen) atoms. The molecular weight excluding hydrogens is 268 g/mol. The number of benzene rings is 1. The van der Waals surface area contributed by atoms with Gasteiger partial charge in [-0.1, -0.05) is 6.07 Å². The van der Waals surface area contributed by atoms with Gasteiger partial charge in [0.25, 0.3) is 0 Å². The van der Waals surface area contributed by atoms with E-state index >= 15 is 0 Å². The highest BCUT2D eigenvalue weighted by atomic mass is 16.5. The number of carbonyl (C=O) groups is 1. The summed E-state index contributed by atoms with van der Waals surface area (Å²) >= 11 is 0. The third-order valence-corrected chi connectivity index (χ3v) is 3.95. The molecule has 1 heterocycles. The normalized spacial score (nSPS) is 16.7. The third kappa shape index (κ3) is 3.74. The molecular formula is C16H24N2O3. The Morgan fingerprint density at radius 2 is 2.00 bits per heavy atom. The second kappa shape index (κ2) is 6.91. The fourth-order valence-electron chi connectivity index (χ4n) is 2.70. The summed E-state index contributed by atoms with van der Waals surface area (Å²) in [6.45, 7) is 7.53. The second-order valence-electron chi connectivity index (χ2n) is 5.50. The molecule has 1 unspecified atom stereocenters. The predicted octanol–water partition coefficient (Wildman–Crippen LogP) is 1.18. The highest BCUT2D eigenvalue weighted by Gasteiger charge is 2.18. The maximum atomic E-state index is 11.5. The molecule has 1 aromatic rings. The lowest BCUT2D eigenvalue weighted by atomic mass is 9.97. The molecule has 116 valence electrons. The molecule has 1 saturated heterocycles. The second-order valence-corrected chi connectivity index (χ2v) is 5.50. The molecule has 0 aromatic heterocycles. The monoisotopic (exact) mass is 292 g/mol. The van der Waals surface area contributed by atoms with Crippen LogP contribution in [0.3, 0.4) is 0 Å². The Morgan fingerprint density at radius 1 is 1.33 bits per heavy atom. The van der Waals surface area contributed by atoms with Crippen LogP contribution < -0.4 is 10.6 Å². The van der Waals surface area contributed by atoms with Crippen molar-refractivity contribution in [2.45, 2.75) is 26.3 Å².